The predicted molar refractivity (Wildman–Crippen MR) is 186 cm³/mol. The molecule has 3 N–H and O–H groups in total. The first-order valence-corrected chi connectivity index (χ1v) is 16.9. The van der Waals surface area contributed by atoms with Gasteiger partial charge in [-0.3, -0.25) is 4.99 Å². The van der Waals surface area contributed by atoms with Crippen molar-refractivity contribution < 1.29 is 18.3 Å². The summed E-state index contributed by atoms with van der Waals surface area (Å²) in [5.74, 6) is 1.51. The van der Waals surface area contributed by atoms with E-state index in [0.717, 1.165) is 52.7 Å². The number of aryl methyl sites for hydroxylation is 2. The third kappa shape index (κ3) is 7.35. The van der Waals surface area contributed by atoms with Gasteiger partial charge in [0.25, 0.3) is 0 Å². The second-order valence-electron chi connectivity index (χ2n) is 13.0. The van der Waals surface area contributed by atoms with Crippen molar-refractivity contribution in [1.82, 2.24) is 4.98 Å². The Kier molecular flexibility index (Phi) is 10.3. The molecule has 1 aliphatic rings. The molecule has 0 saturated heterocycles. The summed E-state index contributed by atoms with van der Waals surface area (Å²) in [7, 11) is 1.54. The van der Waals surface area contributed by atoms with Gasteiger partial charge in [-0.2, -0.15) is 11.8 Å². The SMILES string of the molecule is CN=C1N=C(N)C(C)(c2cccc(CCC=O)c2)CCCC(C)(C)CSCCc2c(c(F)cc3[nH]ccc23)Oc2ccc(F)c1c2. The molecular weight excluding hydrogens is 602 g/mol. The zero-order valence-corrected chi connectivity index (χ0v) is 27.8. The van der Waals surface area contributed by atoms with Gasteiger partial charge in [-0.15, -0.1) is 0 Å². The van der Waals surface area contributed by atoms with Crippen LogP contribution in [0.25, 0.3) is 10.9 Å². The quantitative estimate of drug-likeness (QED) is 0.218. The Hall–Kier alpha value is -3.98. The normalized spacial score (nSPS) is 20.3. The van der Waals surface area contributed by atoms with Crippen molar-refractivity contribution >= 4 is 40.6 Å². The first-order valence-electron chi connectivity index (χ1n) is 15.7. The molecule has 2 heterocycles. The Morgan fingerprint density at radius 3 is 2.70 bits per heavy atom. The van der Waals surface area contributed by atoms with Gasteiger partial charge in [0, 0.05) is 47.6 Å². The Labute approximate surface area is 273 Å². The zero-order valence-electron chi connectivity index (χ0n) is 27.0. The van der Waals surface area contributed by atoms with Crippen LogP contribution in [0.5, 0.6) is 11.5 Å². The maximum atomic E-state index is 15.6. The minimum absolute atomic E-state index is 0.0377. The number of H-pyrrole nitrogens is 1. The topological polar surface area (TPSA) is 92.8 Å². The number of carbonyl (C=O) groups excluding carboxylic acids is 1. The van der Waals surface area contributed by atoms with Gasteiger partial charge >= 0.3 is 0 Å². The van der Waals surface area contributed by atoms with E-state index in [-0.39, 0.29) is 28.3 Å². The first kappa shape index (κ1) is 33.4. The van der Waals surface area contributed by atoms with Gasteiger partial charge < -0.3 is 20.2 Å². The van der Waals surface area contributed by atoms with Crippen LogP contribution < -0.4 is 10.5 Å². The number of nitrogens with two attached hydrogens (primary N) is 1. The van der Waals surface area contributed by atoms with E-state index in [2.05, 4.69) is 36.8 Å². The van der Waals surface area contributed by atoms with Crippen LogP contribution >= 0.6 is 11.8 Å². The number of amidine groups is 2. The summed E-state index contributed by atoms with van der Waals surface area (Å²) in [6, 6.07) is 15.7. The largest absolute Gasteiger partial charge is 0.454 e. The number of aliphatic imine (C=N–C) groups is 2. The van der Waals surface area contributed by atoms with Crippen molar-refractivity contribution in [3.63, 3.8) is 0 Å². The molecule has 4 aromatic rings. The number of thioether (sulfide) groups is 1. The third-order valence-electron chi connectivity index (χ3n) is 8.90. The third-order valence-corrected chi connectivity index (χ3v) is 10.4. The van der Waals surface area contributed by atoms with Gasteiger partial charge in [-0.05, 0) is 84.9 Å². The highest BCUT2D eigenvalue weighted by atomic mass is 32.2. The van der Waals surface area contributed by atoms with Crippen LogP contribution in [0, 0.1) is 17.0 Å². The summed E-state index contributed by atoms with van der Waals surface area (Å²) in [5.41, 5.74) is 9.82. The van der Waals surface area contributed by atoms with Crippen LogP contribution in [0.2, 0.25) is 0 Å². The molecule has 0 aliphatic carbocycles. The fraction of sp³-hybridized carbons (Fsp3) is 0.378. The lowest BCUT2D eigenvalue weighted by molar-refractivity contribution is -0.107. The number of hydrogen-bond donors (Lipinski definition) is 2. The monoisotopic (exact) mass is 644 g/mol. The number of fused-ring (bicyclic) bond motifs is 5. The zero-order chi connectivity index (χ0) is 32.9. The van der Waals surface area contributed by atoms with E-state index >= 15 is 8.78 Å². The minimum Gasteiger partial charge on any atom is -0.454 e. The average Bonchev–Trinajstić information content (AvgIpc) is 3.50. The molecule has 1 aromatic heterocycles. The van der Waals surface area contributed by atoms with Crippen LogP contribution in [0.1, 0.15) is 68.7 Å². The van der Waals surface area contributed by atoms with E-state index in [1.54, 1.807) is 13.2 Å². The fourth-order valence-electron chi connectivity index (χ4n) is 6.14. The molecular formula is C37H42F2N4O2S. The molecule has 6 nitrogen and oxygen atoms in total. The molecule has 0 spiro atoms. The highest BCUT2D eigenvalue weighted by molar-refractivity contribution is 7.99. The number of aromatic nitrogens is 1. The average molecular weight is 645 g/mol. The van der Waals surface area contributed by atoms with Gasteiger partial charge in [0.05, 0.1) is 5.56 Å². The molecule has 0 saturated carbocycles. The number of halogens is 2. The van der Waals surface area contributed by atoms with Crippen molar-refractivity contribution in [1.29, 1.82) is 0 Å². The Bertz CT molecular complexity index is 1780. The van der Waals surface area contributed by atoms with E-state index < -0.39 is 17.0 Å². The number of nitrogens with zero attached hydrogens (tertiary/aromatic N) is 2. The second kappa shape index (κ2) is 14.2. The maximum absolute atomic E-state index is 15.6. The molecule has 2 bridgehead atoms. The van der Waals surface area contributed by atoms with E-state index in [9.17, 15) is 4.79 Å². The van der Waals surface area contributed by atoms with Gasteiger partial charge in [0.2, 0.25) is 0 Å². The van der Waals surface area contributed by atoms with E-state index in [1.807, 2.05) is 36.0 Å². The lowest BCUT2D eigenvalue weighted by Gasteiger charge is -2.32. The number of nitrogens with one attached hydrogen (secondary N) is 1. The van der Waals surface area contributed by atoms with Crippen molar-refractivity contribution in [3.05, 3.63) is 94.7 Å². The van der Waals surface area contributed by atoms with E-state index in [4.69, 9.17) is 15.5 Å². The summed E-state index contributed by atoms with van der Waals surface area (Å²) in [5, 5.41) is 0.899. The standard InChI is InChI=1S/C37H42F2N4O2S/c1-36(2)15-7-16-37(3,25-10-5-8-24(20-25)9-6-18-44)35(40)43-34(41-4)29-21-26(11-12-30(29)38)45-33-28(14-19-46-23-36)27-13-17-42-32(27)22-31(33)39/h5,8,10-13,17-18,20-22,42H,6-7,9,14-16,19,23H2,1-4H3,(H2,40,41,43). The van der Waals surface area contributed by atoms with Gasteiger partial charge in [0.15, 0.2) is 17.4 Å². The van der Waals surface area contributed by atoms with Gasteiger partial charge in [-0.25, -0.2) is 13.8 Å². The van der Waals surface area contributed by atoms with Crippen molar-refractivity contribution in [2.24, 2.45) is 21.1 Å². The number of carbonyl (C=O) groups is 1. The highest BCUT2D eigenvalue weighted by Gasteiger charge is 2.33. The summed E-state index contributed by atoms with van der Waals surface area (Å²) in [6.45, 7) is 6.60. The molecule has 3 aromatic carbocycles. The van der Waals surface area contributed by atoms with Crippen LogP contribution in [0.15, 0.2) is 70.8 Å². The lowest BCUT2D eigenvalue weighted by Crippen LogP contribution is -2.40. The van der Waals surface area contributed by atoms with Crippen molar-refractivity contribution in [2.45, 2.75) is 64.7 Å². The number of aldehydes is 1. The van der Waals surface area contributed by atoms with Crippen LogP contribution in [0.3, 0.4) is 0 Å². The number of rotatable bonds is 4. The number of benzene rings is 3. The van der Waals surface area contributed by atoms with Gasteiger partial charge in [-0.1, -0.05) is 44.5 Å². The maximum Gasteiger partial charge on any atom is 0.168 e. The molecule has 0 radical (unpaired) electrons. The molecule has 242 valence electrons. The number of aromatic amines is 1. The van der Waals surface area contributed by atoms with Crippen LogP contribution in [-0.4, -0.2) is 41.5 Å². The lowest BCUT2D eigenvalue weighted by atomic mass is 9.75. The summed E-state index contributed by atoms with van der Waals surface area (Å²) < 4.78 is 37.2. The fourth-order valence-corrected chi connectivity index (χ4v) is 7.33. The molecule has 1 atom stereocenters. The Morgan fingerprint density at radius 1 is 1.09 bits per heavy atom. The Morgan fingerprint density at radius 2 is 1.91 bits per heavy atom. The van der Waals surface area contributed by atoms with E-state index in [0.29, 0.717) is 37.0 Å². The van der Waals surface area contributed by atoms with Crippen LogP contribution in [-0.2, 0) is 23.1 Å². The number of hydrogen-bond acceptors (Lipinski definition) is 5. The summed E-state index contributed by atoms with van der Waals surface area (Å²) in [4.78, 5) is 23.3. The smallest absolute Gasteiger partial charge is 0.168 e. The Balaban J connectivity index is 1.61. The summed E-state index contributed by atoms with van der Waals surface area (Å²) >= 11 is 1.85. The molecule has 1 unspecified atom stereocenters. The molecule has 5 rings (SSSR count). The minimum atomic E-state index is -0.684. The van der Waals surface area contributed by atoms with E-state index in [1.165, 1.54) is 24.3 Å². The molecule has 0 fully saturated rings. The second-order valence-corrected chi connectivity index (χ2v) is 14.1. The predicted octanol–water partition coefficient (Wildman–Crippen LogP) is 8.55. The molecule has 9 heteroatoms. The van der Waals surface area contributed by atoms with Gasteiger partial charge in [0.1, 0.15) is 23.7 Å². The van der Waals surface area contributed by atoms with Crippen molar-refractivity contribution in [3.8, 4) is 11.5 Å². The van der Waals surface area contributed by atoms with Crippen molar-refractivity contribution in [2.75, 3.05) is 18.6 Å². The summed E-state index contributed by atoms with van der Waals surface area (Å²) in [6.07, 6.45) is 6.95. The molecule has 46 heavy (non-hydrogen) atoms. The van der Waals surface area contributed by atoms with Crippen LogP contribution in [0.4, 0.5) is 8.78 Å². The molecule has 1 aliphatic heterocycles. The number of ether oxygens (including phenoxy) is 1. The first-order chi connectivity index (χ1) is 22.0. The highest BCUT2D eigenvalue weighted by Crippen LogP contribution is 2.38. The molecule has 0 amide bonds.